The molecule has 3 aromatic rings. The van der Waals surface area contributed by atoms with Gasteiger partial charge < -0.3 is 9.42 Å². The lowest BCUT2D eigenvalue weighted by Crippen LogP contribution is -2.34. The van der Waals surface area contributed by atoms with Gasteiger partial charge in [0.1, 0.15) is 0 Å². The van der Waals surface area contributed by atoms with Gasteiger partial charge in [-0.2, -0.15) is 4.98 Å². The van der Waals surface area contributed by atoms with E-state index >= 15 is 0 Å². The monoisotopic (exact) mass is 453 g/mol. The molecule has 0 aliphatic rings. The Morgan fingerprint density at radius 3 is 2.55 bits per heavy atom. The molecule has 0 saturated carbocycles. The van der Waals surface area contributed by atoms with E-state index in [1.165, 1.54) is 0 Å². The lowest BCUT2D eigenvalue weighted by Gasteiger charge is -2.22. The van der Waals surface area contributed by atoms with Crippen LogP contribution in [-0.4, -0.2) is 34.0 Å². The van der Waals surface area contributed by atoms with Crippen molar-refractivity contribution in [3.63, 3.8) is 0 Å². The average molecular weight is 454 g/mol. The van der Waals surface area contributed by atoms with Crippen LogP contribution in [0.2, 0.25) is 0 Å². The van der Waals surface area contributed by atoms with Crippen molar-refractivity contribution in [3.8, 4) is 11.4 Å². The van der Waals surface area contributed by atoms with Crippen LogP contribution in [0.15, 0.2) is 69.7 Å². The molecule has 150 valence electrons. The zero-order valence-corrected chi connectivity index (χ0v) is 18.2. The maximum atomic E-state index is 12.7. The molecule has 3 rings (SSSR count). The molecule has 0 radical (unpaired) electrons. The normalized spacial score (nSPS) is 11.3. The third-order valence-corrected chi connectivity index (χ3v) is 4.81. The Kier molecular flexibility index (Phi) is 7.36. The largest absolute Gasteiger partial charge is 0.339 e. The van der Waals surface area contributed by atoms with Gasteiger partial charge in [0, 0.05) is 35.6 Å². The quantitative estimate of drug-likeness (QED) is 0.437. The Hall–Kier alpha value is -2.73. The van der Waals surface area contributed by atoms with E-state index in [9.17, 15) is 4.79 Å². The minimum Gasteiger partial charge on any atom is -0.339 e. The van der Waals surface area contributed by atoms with Crippen molar-refractivity contribution in [1.82, 2.24) is 15.0 Å². The number of carbonyl (C=O) groups excluding carboxylic acids is 1. The topological polar surface area (TPSA) is 59.2 Å². The number of nitrogens with zero attached hydrogens (tertiary/aromatic N) is 3. The highest BCUT2D eigenvalue weighted by Crippen LogP contribution is 2.19. The summed E-state index contributed by atoms with van der Waals surface area (Å²) in [6, 6.07) is 17.5. The third kappa shape index (κ3) is 6.39. The second-order valence-electron chi connectivity index (χ2n) is 7.19. The fourth-order valence-corrected chi connectivity index (χ4v) is 3.14. The Labute approximate surface area is 179 Å². The maximum absolute atomic E-state index is 12.7. The van der Waals surface area contributed by atoms with Crippen molar-refractivity contribution in [3.05, 3.63) is 76.6 Å². The molecule has 6 heteroatoms. The van der Waals surface area contributed by atoms with Gasteiger partial charge in [0.2, 0.25) is 17.6 Å². The molecule has 0 aliphatic carbocycles. The SMILES string of the molecule is CC(C)CN(CCc1nc(-c2ccc(Br)cc2)no1)C(=O)C=Cc1ccccc1. The van der Waals surface area contributed by atoms with Gasteiger partial charge in [-0.25, -0.2) is 0 Å². The number of amides is 1. The van der Waals surface area contributed by atoms with Crippen LogP contribution in [0.3, 0.4) is 0 Å². The smallest absolute Gasteiger partial charge is 0.246 e. The number of rotatable bonds is 8. The molecule has 0 fully saturated rings. The lowest BCUT2D eigenvalue weighted by molar-refractivity contribution is -0.126. The molecular formula is C23H24BrN3O2. The summed E-state index contributed by atoms with van der Waals surface area (Å²) in [5, 5.41) is 4.06. The Balaban J connectivity index is 1.64. The Morgan fingerprint density at radius 1 is 1.14 bits per heavy atom. The van der Waals surface area contributed by atoms with Gasteiger partial charge in [-0.15, -0.1) is 0 Å². The van der Waals surface area contributed by atoms with Gasteiger partial charge in [-0.3, -0.25) is 4.79 Å². The number of halogens is 1. The van der Waals surface area contributed by atoms with Crippen LogP contribution in [0, 0.1) is 5.92 Å². The number of hydrogen-bond donors (Lipinski definition) is 0. The number of hydrogen-bond acceptors (Lipinski definition) is 4. The summed E-state index contributed by atoms with van der Waals surface area (Å²) in [5.41, 5.74) is 1.89. The summed E-state index contributed by atoms with van der Waals surface area (Å²) in [6.45, 7) is 5.39. The van der Waals surface area contributed by atoms with Crippen LogP contribution in [0.25, 0.3) is 17.5 Å². The Bertz CT molecular complexity index is 950. The van der Waals surface area contributed by atoms with Crippen LogP contribution in [0.1, 0.15) is 25.3 Å². The van der Waals surface area contributed by atoms with Crippen molar-refractivity contribution in [2.75, 3.05) is 13.1 Å². The van der Waals surface area contributed by atoms with Gasteiger partial charge in [-0.05, 0) is 41.8 Å². The van der Waals surface area contributed by atoms with Crippen LogP contribution in [0.4, 0.5) is 0 Å². The summed E-state index contributed by atoms with van der Waals surface area (Å²) in [4.78, 5) is 19.0. The van der Waals surface area contributed by atoms with Crippen LogP contribution >= 0.6 is 15.9 Å². The standard InChI is InChI=1S/C23H24BrN3O2/c1-17(2)16-27(22(28)13-8-18-6-4-3-5-7-18)15-14-21-25-23(26-29-21)19-9-11-20(24)12-10-19/h3-13,17H,14-16H2,1-2H3. The second-order valence-corrected chi connectivity index (χ2v) is 8.11. The number of benzene rings is 2. The predicted molar refractivity (Wildman–Crippen MR) is 118 cm³/mol. The highest BCUT2D eigenvalue weighted by molar-refractivity contribution is 9.10. The summed E-state index contributed by atoms with van der Waals surface area (Å²) >= 11 is 3.42. The Morgan fingerprint density at radius 2 is 1.86 bits per heavy atom. The summed E-state index contributed by atoms with van der Waals surface area (Å²) < 4.78 is 6.38. The van der Waals surface area contributed by atoms with E-state index < -0.39 is 0 Å². The van der Waals surface area contributed by atoms with Gasteiger partial charge in [0.05, 0.1) is 0 Å². The molecule has 0 bridgehead atoms. The van der Waals surface area contributed by atoms with E-state index in [2.05, 4.69) is 39.9 Å². The summed E-state index contributed by atoms with van der Waals surface area (Å²) in [7, 11) is 0. The molecule has 0 N–H and O–H groups in total. The van der Waals surface area contributed by atoms with E-state index in [0.29, 0.717) is 37.1 Å². The molecule has 0 atom stereocenters. The summed E-state index contributed by atoms with van der Waals surface area (Å²) in [5.74, 6) is 1.43. The van der Waals surface area contributed by atoms with Gasteiger partial charge in [0.25, 0.3) is 0 Å². The molecule has 1 heterocycles. The van der Waals surface area contributed by atoms with Gasteiger partial charge in [0.15, 0.2) is 0 Å². The minimum absolute atomic E-state index is 0.0183. The zero-order chi connectivity index (χ0) is 20.6. The predicted octanol–water partition coefficient (Wildman–Crippen LogP) is 5.24. The van der Waals surface area contributed by atoms with E-state index in [1.54, 1.807) is 6.08 Å². The first kappa shape index (κ1) is 21.0. The molecule has 0 saturated heterocycles. The van der Waals surface area contributed by atoms with Crippen molar-refractivity contribution in [1.29, 1.82) is 0 Å². The van der Waals surface area contributed by atoms with Gasteiger partial charge in [-0.1, -0.05) is 65.3 Å². The van der Waals surface area contributed by atoms with Crippen LogP contribution in [0.5, 0.6) is 0 Å². The molecule has 29 heavy (non-hydrogen) atoms. The number of aromatic nitrogens is 2. The molecule has 5 nitrogen and oxygen atoms in total. The van der Waals surface area contributed by atoms with E-state index in [1.807, 2.05) is 65.6 Å². The fourth-order valence-electron chi connectivity index (χ4n) is 2.87. The third-order valence-electron chi connectivity index (χ3n) is 4.28. The van der Waals surface area contributed by atoms with E-state index in [0.717, 1.165) is 15.6 Å². The molecule has 1 aromatic heterocycles. The second kappa shape index (κ2) is 10.2. The van der Waals surface area contributed by atoms with Crippen LogP contribution < -0.4 is 0 Å². The van der Waals surface area contributed by atoms with E-state index in [-0.39, 0.29) is 5.91 Å². The molecule has 0 aliphatic heterocycles. The molecule has 0 unspecified atom stereocenters. The highest BCUT2D eigenvalue weighted by atomic mass is 79.9. The minimum atomic E-state index is -0.0183. The van der Waals surface area contributed by atoms with Crippen molar-refractivity contribution in [2.45, 2.75) is 20.3 Å². The zero-order valence-electron chi connectivity index (χ0n) is 16.6. The molecule has 1 amide bonds. The fraction of sp³-hybridized carbons (Fsp3) is 0.261. The molecular weight excluding hydrogens is 430 g/mol. The van der Waals surface area contributed by atoms with Crippen LogP contribution in [-0.2, 0) is 11.2 Å². The lowest BCUT2D eigenvalue weighted by atomic mass is 10.2. The first-order valence-electron chi connectivity index (χ1n) is 9.62. The number of carbonyl (C=O) groups is 1. The first-order chi connectivity index (χ1) is 14.0. The van der Waals surface area contributed by atoms with Crippen molar-refractivity contribution >= 4 is 27.9 Å². The molecule has 0 spiro atoms. The van der Waals surface area contributed by atoms with E-state index in [4.69, 9.17) is 4.52 Å². The molecule has 2 aromatic carbocycles. The van der Waals surface area contributed by atoms with Crippen molar-refractivity contribution in [2.24, 2.45) is 5.92 Å². The van der Waals surface area contributed by atoms with Gasteiger partial charge >= 0.3 is 0 Å². The highest BCUT2D eigenvalue weighted by Gasteiger charge is 2.15. The average Bonchev–Trinajstić information content (AvgIpc) is 3.19. The maximum Gasteiger partial charge on any atom is 0.246 e. The summed E-state index contributed by atoms with van der Waals surface area (Å²) in [6.07, 6.45) is 3.98. The van der Waals surface area contributed by atoms with Crippen molar-refractivity contribution < 1.29 is 9.32 Å². The first-order valence-corrected chi connectivity index (χ1v) is 10.4.